The zero-order valence-electron chi connectivity index (χ0n) is 13.5. The lowest BCUT2D eigenvalue weighted by Crippen LogP contribution is -1.99. The Labute approximate surface area is 146 Å². The van der Waals surface area contributed by atoms with Crippen molar-refractivity contribution in [2.24, 2.45) is 0 Å². The van der Waals surface area contributed by atoms with Gasteiger partial charge in [-0.05, 0) is 52.7 Å². The number of hydrogen-bond donors (Lipinski definition) is 0. The van der Waals surface area contributed by atoms with Gasteiger partial charge >= 0.3 is 0 Å². The summed E-state index contributed by atoms with van der Waals surface area (Å²) in [6.45, 7) is 2.78. The van der Waals surface area contributed by atoms with E-state index in [4.69, 9.17) is 4.74 Å². The van der Waals surface area contributed by atoms with E-state index in [1.807, 2.05) is 18.2 Å². The quantitative estimate of drug-likeness (QED) is 0.470. The molecule has 2 nitrogen and oxygen atoms in total. The lowest BCUT2D eigenvalue weighted by atomic mass is 10.1. The van der Waals surface area contributed by atoms with Crippen LogP contribution in [0.1, 0.15) is 45.4 Å². The Morgan fingerprint density at radius 3 is 2.52 bits per heavy atom. The minimum Gasteiger partial charge on any atom is -0.491 e. The maximum atomic E-state index is 14.1. The zero-order chi connectivity index (χ0) is 16.5. The lowest BCUT2D eigenvalue weighted by molar-refractivity contribution is 0.290. The minimum absolute atomic E-state index is 0.319. The van der Waals surface area contributed by atoms with E-state index in [0.717, 1.165) is 28.6 Å². The first kappa shape index (κ1) is 17.9. The molecule has 0 bridgehead atoms. The van der Waals surface area contributed by atoms with Crippen molar-refractivity contribution in [3.05, 3.63) is 46.8 Å². The van der Waals surface area contributed by atoms with Gasteiger partial charge in [-0.2, -0.15) is 0 Å². The second kappa shape index (κ2) is 9.66. The molecule has 0 saturated heterocycles. The van der Waals surface area contributed by atoms with Crippen molar-refractivity contribution in [1.82, 2.24) is 4.98 Å². The number of pyridine rings is 1. The van der Waals surface area contributed by atoms with Gasteiger partial charge < -0.3 is 4.74 Å². The molecule has 0 amide bonds. The largest absolute Gasteiger partial charge is 0.491 e. The molecule has 0 atom stereocenters. The standard InChI is InChI=1S/C19H23BrFNO/c1-2-3-4-5-6-7-12-23-19-11-8-15(13-17(19)21)18-10-9-16(20)14-22-18/h8-11,13-14H,2-7,12H2,1H3. The minimum atomic E-state index is -0.335. The molecule has 0 unspecified atom stereocenters. The van der Waals surface area contributed by atoms with Gasteiger partial charge in [-0.1, -0.05) is 39.0 Å². The highest BCUT2D eigenvalue weighted by atomic mass is 79.9. The second-order valence-corrected chi connectivity index (χ2v) is 6.54. The Bertz CT molecular complexity index is 601. The van der Waals surface area contributed by atoms with E-state index < -0.39 is 0 Å². The van der Waals surface area contributed by atoms with Gasteiger partial charge in [-0.15, -0.1) is 0 Å². The summed E-state index contributed by atoms with van der Waals surface area (Å²) in [4.78, 5) is 4.28. The van der Waals surface area contributed by atoms with Gasteiger partial charge in [0.15, 0.2) is 11.6 Å². The molecule has 0 spiro atoms. The Hall–Kier alpha value is -1.42. The van der Waals surface area contributed by atoms with Crippen LogP contribution in [0.25, 0.3) is 11.3 Å². The lowest BCUT2D eigenvalue weighted by Gasteiger charge is -2.09. The summed E-state index contributed by atoms with van der Waals surface area (Å²) in [5, 5.41) is 0. The van der Waals surface area contributed by atoms with E-state index in [-0.39, 0.29) is 5.82 Å². The van der Waals surface area contributed by atoms with Crippen LogP contribution in [0.3, 0.4) is 0 Å². The summed E-state index contributed by atoms with van der Waals surface area (Å²) in [6.07, 6.45) is 8.87. The van der Waals surface area contributed by atoms with Crippen molar-refractivity contribution >= 4 is 15.9 Å². The van der Waals surface area contributed by atoms with Crippen LogP contribution < -0.4 is 4.74 Å². The van der Waals surface area contributed by atoms with Gasteiger partial charge in [-0.3, -0.25) is 4.98 Å². The van der Waals surface area contributed by atoms with E-state index in [0.29, 0.717) is 12.4 Å². The van der Waals surface area contributed by atoms with Crippen molar-refractivity contribution in [2.75, 3.05) is 6.61 Å². The topological polar surface area (TPSA) is 22.1 Å². The number of halogens is 2. The number of benzene rings is 1. The van der Waals surface area contributed by atoms with Crippen molar-refractivity contribution in [3.8, 4) is 17.0 Å². The van der Waals surface area contributed by atoms with Gasteiger partial charge in [-0.25, -0.2) is 4.39 Å². The van der Waals surface area contributed by atoms with Crippen molar-refractivity contribution in [2.45, 2.75) is 45.4 Å². The maximum absolute atomic E-state index is 14.1. The third kappa shape index (κ3) is 5.94. The molecule has 2 rings (SSSR count). The average Bonchev–Trinajstić information content (AvgIpc) is 2.56. The molecule has 0 aliphatic heterocycles. The van der Waals surface area contributed by atoms with Crippen LogP contribution in [0.4, 0.5) is 4.39 Å². The van der Waals surface area contributed by atoms with Crippen LogP contribution >= 0.6 is 15.9 Å². The van der Waals surface area contributed by atoms with Gasteiger partial charge in [0, 0.05) is 16.2 Å². The van der Waals surface area contributed by atoms with Crippen LogP contribution in [0.15, 0.2) is 41.0 Å². The fraction of sp³-hybridized carbons (Fsp3) is 0.421. The van der Waals surface area contributed by atoms with Crippen molar-refractivity contribution in [1.29, 1.82) is 0 Å². The van der Waals surface area contributed by atoms with Crippen molar-refractivity contribution in [3.63, 3.8) is 0 Å². The maximum Gasteiger partial charge on any atom is 0.165 e. The van der Waals surface area contributed by atoms with E-state index in [1.165, 1.54) is 31.7 Å². The summed E-state index contributed by atoms with van der Waals surface area (Å²) in [7, 11) is 0. The van der Waals surface area contributed by atoms with Crippen LogP contribution in [0.2, 0.25) is 0 Å². The zero-order valence-corrected chi connectivity index (χ0v) is 15.1. The molecule has 23 heavy (non-hydrogen) atoms. The predicted octanol–water partition coefficient (Wildman–Crippen LogP) is 6.39. The molecule has 2 aromatic rings. The Morgan fingerprint density at radius 1 is 1.04 bits per heavy atom. The van der Waals surface area contributed by atoms with E-state index in [1.54, 1.807) is 12.3 Å². The normalized spacial score (nSPS) is 10.7. The molecular weight excluding hydrogens is 357 g/mol. The van der Waals surface area contributed by atoms with E-state index >= 15 is 0 Å². The Morgan fingerprint density at radius 2 is 1.83 bits per heavy atom. The smallest absolute Gasteiger partial charge is 0.165 e. The van der Waals surface area contributed by atoms with Crippen LogP contribution in [0.5, 0.6) is 5.75 Å². The molecular formula is C19H23BrFNO. The number of ether oxygens (including phenoxy) is 1. The van der Waals surface area contributed by atoms with Gasteiger partial charge in [0.25, 0.3) is 0 Å². The first-order valence-electron chi connectivity index (χ1n) is 8.25. The predicted molar refractivity (Wildman–Crippen MR) is 96.2 cm³/mol. The summed E-state index contributed by atoms with van der Waals surface area (Å²) in [6, 6.07) is 8.76. The van der Waals surface area contributed by atoms with Gasteiger partial charge in [0.05, 0.1) is 12.3 Å². The molecule has 0 fully saturated rings. The number of hydrogen-bond acceptors (Lipinski definition) is 2. The highest BCUT2D eigenvalue weighted by molar-refractivity contribution is 9.10. The van der Waals surface area contributed by atoms with Crippen LogP contribution in [-0.4, -0.2) is 11.6 Å². The summed E-state index contributed by atoms with van der Waals surface area (Å²) in [5.74, 6) is -0.0161. The van der Waals surface area contributed by atoms with E-state index in [2.05, 4.69) is 27.8 Å². The molecule has 1 heterocycles. The van der Waals surface area contributed by atoms with Crippen LogP contribution in [-0.2, 0) is 0 Å². The second-order valence-electron chi connectivity index (χ2n) is 5.62. The highest BCUT2D eigenvalue weighted by Gasteiger charge is 2.07. The monoisotopic (exact) mass is 379 g/mol. The number of aromatic nitrogens is 1. The third-order valence-corrected chi connectivity index (χ3v) is 4.18. The Balaban J connectivity index is 1.83. The molecule has 1 aromatic heterocycles. The fourth-order valence-corrected chi connectivity index (χ4v) is 2.62. The van der Waals surface area contributed by atoms with Gasteiger partial charge in [0.1, 0.15) is 0 Å². The first-order chi connectivity index (χ1) is 11.2. The molecule has 4 heteroatoms. The number of unbranched alkanes of at least 4 members (excludes halogenated alkanes) is 5. The van der Waals surface area contributed by atoms with Crippen molar-refractivity contribution < 1.29 is 9.13 Å². The molecule has 0 aliphatic carbocycles. The Kier molecular flexibility index (Phi) is 7.53. The molecule has 1 aromatic carbocycles. The number of rotatable bonds is 9. The number of nitrogens with zero attached hydrogens (tertiary/aromatic N) is 1. The average molecular weight is 380 g/mol. The molecule has 0 N–H and O–H groups in total. The van der Waals surface area contributed by atoms with E-state index in [9.17, 15) is 4.39 Å². The summed E-state index contributed by atoms with van der Waals surface area (Å²) < 4.78 is 20.6. The van der Waals surface area contributed by atoms with Gasteiger partial charge in [0.2, 0.25) is 0 Å². The highest BCUT2D eigenvalue weighted by Crippen LogP contribution is 2.25. The SMILES string of the molecule is CCCCCCCCOc1ccc(-c2ccc(Br)cn2)cc1F. The summed E-state index contributed by atoms with van der Waals surface area (Å²) in [5.41, 5.74) is 1.50. The summed E-state index contributed by atoms with van der Waals surface area (Å²) >= 11 is 3.34. The molecule has 0 radical (unpaired) electrons. The fourth-order valence-electron chi connectivity index (χ4n) is 2.39. The molecule has 0 saturated carbocycles. The first-order valence-corrected chi connectivity index (χ1v) is 9.04. The van der Waals surface area contributed by atoms with Crippen LogP contribution in [0, 0.1) is 5.82 Å². The molecule has 124 valence electrons. The molecule has 0 aliphatic rings. The third-order valence-electron chi connectivity index (χ3n) is 3.71.